The van der Waals surface area contributed by atoms with Crippen molar-refractivity contribution in [3.05, 3.63) is 58.9 Å². The molecule has 5 nitrogen and oxygen atoms in total. The molecule has 1 heterocycles. The lowest BCUT2D eigenvalue weighted by molar-refractivity contribution is -0.123. The molecule has 0 unspecified atom stereocenters. The lowest BCUT2D eigenvalue weighted by atomic mass is 10.2. The first-order valence-electron chi connectivity index (χ1n) is 6.69. The van der Waals surface area contributed by atoms with Crippen LogP contribution in [-0.2, 0) is 4.79 Å². The zero-order valence-electron chi connectivity index (χ0n) is 12.3. The topological polar surface area (TPSA) is 63.6 Å². The summed E-state index contributed by atoms with van der Waals surface area (Å²) in [5, 5.41) is 4.65. The Balaban J connectivity index is 1.88. The van der Waals surface area contributed by atoms with E-state index in [0.717, 1.165) is 11.1 Å². The monoisotopic (exact) mass is 317 g/mol. The number of carbonyl (C=O) groups excluding carboxylic acids is 1. The summed E-state index contributed by atoms with van der Waals surface area (Å²) in [7, 11) is 0. The highest BCUT2D eigenvalue weighted by molar-refractivity contribution is 6.30. The van der Waals surface area contributed by atoms with Crippen LogP contribution in [0.5, 0.6) is 5.75 Å². The van der Waals surface area contributed by atoms with Gasteiger partial charge in [-0.05, 0) is 43.7 Å². The number of nitrogens with one attached hydrogen (secondary N) is 1. The zero-order valence-corrected chi connectivity index (χ0v) is 13.1. The Morgan fingerprint density at radius 3 is 2.91 bits per heavy atom. The fourth-order valence-corrected chi connectivity index (χ4v) is 1.96. The van der Waals surface area contributed by atoms with Gasteiger partial charge in [0.25, 0.3) is 5.91 Å². The fraction of sp³-hybridized carbons (Fsp3) is 0.188. The molecular formula is C16H16ClN3O2. The van der Waals surface area contributed by atoms with Gasteiger partial charge in [0.2, 0.25) is 0 Å². The number of benzene rings is 1. The van der Waals surface area contributed by atoms with Crippen molar-refractivity contribution in [3.8, 4) is 5.75 Å². The summed E-state index contributed by atoms with van der Waals surface area (Å²) >= 11 is 5.86. The van der Waals surface area contributed by atoms with Gasteiger partial charge in [-0.2, -0.15) is 5.10 Å². The van der Waals surface area contributed by atoms with Gasteiger partial charge < -0.3 is 4.74 Å². The third-order valence-corrected chi connectivity index (χ3v) is 3.16. The molecule has 1 amide bonds. The summed E-state index contributed by atoms with van der Waals surface area (Å²) in [6.45, 7) is 3.54. The van der Waals surface area contributed by atoms with E-state index in [1.807, 2.05) is 19.1 Å². The van der Waals surface area contributed by atoms with Crippen molar-refractivity contribution in [1.82, 2.24) is 10.4 Å². The number of amides is 1. The highest BCUT2D eigenvalue weighted by Gasteiger charge is 2.05. The average Bonchev–Trinajstić information content (AvgIpc) is 2.52. The molecule has 0 spiro atoms. The minimum absolute atomic E-state index is 0.119. The second kappa shape index (κ2) is 7.56. The van der Waals surface area contributed by atoms with Crippen molar-refractivity contribution < 1.29 is 9.53 Å². The standard InChI is InChI=1S/C16H16ClN3O2/c1-11-8-14(17)5-6-15(11)22-10-16(21)20-19-12(2)13-4-3-7-18-9-13/h3-9H,10H2,1-2H3,(H,20,21)/b19-12+. The molecule has 0 bridgehead atoms. The number of rotatable bonds is 5. The average molecular weight is 318 g/mol. The number of ether oxygens (including phenoxy) is 1. The van der Waals surface area contributed by atoms with Crippen LogP contribution >= 0.6 is 11.6 Å². The van der Waals surface area contributed by atoms with Crippen molar-refractivity contribution in [3.63, 3.8) is 0 Å². The predicted octanol–water partition coefficient (Wildman–Crippen LogP) is 2.96. The third kappa shape index (κ3) is 4.56. The van der Waals surface area contributed by atoms with Crippen LogP contribution in [0, 0.1) is 6.92 Å². The molecule has 0 fully saturated rings. The number of hydrogen-bond acceptors (Lipinski definition) is 4. The van der Waals surface area contributed by atoms with Gasteiger partial charge in [0.15, 0.2) is 6.61 Å². The smallest absolute Gasteiger partial charge is 0.277 e. The zero-order chi connectivity index (χ0) is 15.9. The Bertz CT molecular complexity index is 687. The first-order chi connectivity index (χ1) is 10.6. The van der Waals surface area contributed by atoms with Crippen LogP contribution in [0.4, 0.5) is 0 Å². The van der Waals surface area contributed by atoms with Crippen molar-refractivity contribution in [1.29, 1.82) is 0 Å². The lowest BCUT2D eigenvalue weighted by Gasteiger charge is -2.08. The van der Waals surface area contributed by atoms with Gasteiger partial charge in [-0.1, -0.05) is 17.7 Å². The molecule has 0 saturated heterocycles. The van der Waals surface area contributed by atoms with E-state index in [9.17, 15) is 4.79 Å². The van der Waals surface area contributed by atoms with Crippen LogP contribution in [0.15, 0.2) is 47.8 Å². The van der Waals surface area contributed by atoms with Crippen LogP contribution < -0.4 is 10.2 Å². The Labute approximate surface area is 134 Å². The maximum Gasteiger partial charge on any atom is 0.277 e. The molecule has 0 saturated carbocycles. The Morgan fingerprint density at radius 1 is 1.41 bits per heavy atom. The molecule has 0 radical (unpaired) electrons. The molecule has 22 heavy (non-hydrogen) atoms. The SMILES string of the molecule is C/C(=N\NC(=O)COc1ccc(Cl)cc1C)c1cccnc1. The number of nitrogens with zero attached hydrogens (tertiary/aromatic N) is 2. The van der Waals surface area contributed by atoms with Crippen molar-refractivity contribution >= 4 is 23.2 Å². The van der Waals surface area contributed by atoms with Crippen LogP contribution in [-0.4, -0.2) is 23.2 Å². The molecule has 0 aliphatic carbocycles. The van der Waals surface area contributed by atoms with E-state index in [0.29, 0.717) is 16.5 Å². The van der Waals surface area contributed by atoms with Crippen molar-refractivity contribution in [2.45, 2.75) is 13.8 Å². The van der Waals surface area contributed by atoms with E-state index in [2.05, 4.69) is 15.5 Å². The maximum atomic E-state index is 11.7. The summed E-state index contributed by atoms with van der Waals surface area (Å²) < 4.78 is 5.44. The van der Waals surface area contributed by atoms with Gasteiger partial charge in [0.1, 0.15) is 5.75 Å². The van der Waals surface area contributed by atoms with E-state index in [1.165, 1.54) is 0 Å². The normalized spacial score (nSPS) is 11.1. The maximum absolute atomic E-state index is 11.7. The van der Waals surface area contributed by atoms with E-state index in [4.69, 9.17) is 16.3 Å². The number of hydrazone groups is 1. The summed E-state index contributed by atoms with van der Waals surface area (Å²) in [6, 6.07) is 8.90. The molecule has 114 valence electrons. The number of aromatic nitrogens is 1. The molecule has 1 aromatic heterocycles. The number of halogens is 1. The molecule has 1 aromatic carbocycles. The van der Waals surface area contributed by atoms with E-state index >= 15 is 0 Å². The van der Waals surface area contributed by atoms with Gasteiger partial charge in [-0.25, -0.2) is 5.43 Å². The molecule has 0 aliphatic rings. The highest BCUT2D eigenvalue weighted by atomic mass is 35.5. The lowest BCUT2D eigenvalue weighted by Crippen LogP contribution is -2.25. The second-order valence-corrected chi connectivity index (χ2v) is 5.11. The van der Waals surface area contributed by atoms with Gasteiger partial charge in [0, 0.05) is 23.0 Å². The van der Waals surface area contributed by atoms with Gasteiger partial charge in [-0.3, -0.25) is 9.78 Å². The summed E-state index contributed by atoms with van der Waals surface area (Å²) in [5.41, 5.74) is 4.84. The second-order valence-electron chi connectivity index (χ2n) is 4.67. The summed E-state index contributed by atoms with van der Waals surface area (Å²) in [5.74, 6) is 0.283. The van der Waals surface area contributed by atoms with E-state index < -0.39 is 0 Å². The van der Waals surface area contributed by atoms with Crippen molar-refractivity contribution in [2.24, 2.45) is 5.10 Å². The first-order valence-corrected chi connectivity index (χ1v) is 7.06. The molecule has 2 aromatic rings. The number of hydrogen-bond donors (Lipinski definition) is 1. The molecule has 2 rings (SSSR count). The number of carbonyl (C=O) groups is 1. The largest absolute Gasteiger partial charge is 0.483 e. The number of pyridine rings is 1. The molecular weight excluding hydrogens is 302 g/mol. The van der Waals surface area contributed by atoms with Crippen LogP contribution in [0.25, 0.3) is 0 Å². The van der Waals surface area contributed by atoms with Crippen LogP contribution in [0.1, 0.15) is 18.1 Å². The summed E-state index contributed by atoms with van der Waals surface area (Å²) in [6.07, 6.45) is 3.36. The quantitative estimate of drug-likeness (QED) is 0.681. The molecule has 1 N–H and O–H groups in total. The minimum Gasteiger partial charge on any atom is -0.483 e. The van der Waals surface area contributed by atoms with E-state index in [-0.39, 0.29) is 12.5 Å². The van der Waals surface area contributed by atoms with Crippen LogP contribution in [0.3, 0.4) is 0 Å². The molecule has 6 heteroatoms. The Morgan fingerprint density at radius 2 is 2.23 bits per heavy atom. The first kappa shape index (κ1) is 16.0. The fourth-order valence-electron chi connectivity index (χ4n) is 1.74. The molecule has 0 atom stereocenters. The van der Waals surface area contributed by atoms with Crippen LogP contribution in [0.2, 0.25) is 5.02 Å². The minimum atomic E-state index is -0.336. The Kier molecular flexibility index (Phi) is 5.49. The third-order valence-electron chi connectivity index (χ3n) is 2.92. The predicted molar refractivity (Wildman–Crippen MR) is 86.3 cm³/mol. The van der Waals surface area contributed by atoms with E-state index in [1.54, 1.807) is 37.5 Å². The van der Waals surface area contributed by atoms with Gasteiger partial charge in [-0.15, -0.1) is 0 Å². The number of aryl methyl sites for hydroxylation is 1. The Hall–Kier alpha value is -2.40. The highest BCUT2D eigenvalue weighted by Crippen LogP contribution is 2.21. The molecule has 0 aliphatic heterocycles. The van der Waals surface area contributed by atoms with Gasteiger partial charge in [0.05, 0.1) is 5.71 Å². The van der Waals surface area contributed by atoms with Crippen molar-refractivity contribution in [2.75, 3.05) is 6.61 Å². The van der Waals surface area contributed by atoms with Gasteiger partial charge >= 0.3 is 0 Å². The summed E-state index contributed by atoms with van der Waals surface area (Å²) in [4.78, 5) is 15.7.